The number of rotatable bonds is 6. The van der Waals surface area contributed by atoms with Crippen LogP contribution in [-0.4, -0.2) is 74.1 Å². The summed E-state index contributed by atoms with van der Waals surface area (Å²) < 4.78 is 5.35. The number of halogens is 1. The van der Waals surface area contributed by atoms with Crippen molar-refractivity contribution in [3.8, 4) is 0 Å². The third kappa shape index (κ3) is 5.97. The van der Waals surface area contributed by atoms with Crippen LogP contribution in [0.25, 0.3) is 0 Å². The number of hydrogen-bond acceptors (Lipinski definition) is 7. The summed E-state index contributed by atoms with van der Waals surface area (Å²) in [4.78, 5) is 43.2. The van der Waals surface area contributed by atoms with Crippen molar-refractivity contribution in [2.75, 3.05) is 67.6 Å². The van der Waals surface area contributed by atoms with E-state index in [0.717, 1.165) is 5.69 Å². The summed E-state index contributed by atoms with van der Waals surface area (Å²) in [6.45, 7) is 4.34. The lowest BCUT2D eigenvalue weighted by Crippen LogP contribution is -2.49. The first-order valence-electron chi connectivity index (χ1n) is 12.7. The maximum Gasteiger partial charge on any atom is 0.293 e. The van der Waals surface area contributed by atoms with Crippen molar-refractivity contribution in [3.05, 3.63) is 93.0 Å². The molecule has 0 saturated carbocycles. The molecule has 2 saturated heterocycles. The van der Waals surface area contributed by atoms with Crippen molar-refractivity contribution in [2.45, 2.75) is 0 Å². The summed E-state index contributed by atoms with van der Waals surface area (Å²) in [6.07, 6.45) is 0. The van der Waals surface area contributed by atoms with E-state index in [1.807, 2.05) is 23.1 Å². The summed E-state index contributed by atoms with van der Waals surface area (Å²) >= 11 is 5.94. The first-order chi connectivity index (χ1) is 18.9. The Labute approximate surface area is 230 Å². The number of nitrogens with zero attached hydrogens (tertiary/aromatic N) is 4. The van der Waals surface area contributed by atoms with Gasteiger partial charge in [-0.05, 0) is 48.5 Å². The molecule has 5 rings (SSSR count). The van der Waals surface area contributed by atoms with Crippen LogP contribution >= 0.6 is 11.6 Å². The number of ether oxygens (including phenoxy) is 1. The molecule has 2 fully saturated rings. The van der Waals surface area contributed by atoms with Gasteiger partial charge in [0, 0.05) is 61.5 Å². The minimum absolute atomic E-state index is 0.0463. The molecule has 2 aliphatic heterocycles. The number of nitro groups is 1. The van der Waals surface area contributed by atoms with Crippen LogP contribution in [0, 0.1) is 10.1 Å². The van der Waals surface area contributed by atoms with Gasteiger partial charge < -0.3 is 24.8 Å². The number of nitro benzene ring substituents is 1. The number of benzene rings is 3. The van der Waals surface area contributed by atoms with Gasteiger partial charge in [0.1, 0.15) is 5.69 Å². The summed E-state index contributed by atoms with van der Waals surface area (Å²) in [5.41, 5.74) is 2.58. The van der Waals surface area contributed by atoms with Crippen molar-refractivity contribution in [2.24, 2.45) is 0 Å². The van der Waals surface area contributed by atoms with Gasteiger partial charge in [0.15, 0.2) is 0 Å². The molecule has 3 aromatic carbocycles. The van der Waals surface area contributed by atoms with Crippen LogP contribution in [0.1, 0.15) is 20.7 Å². The molecule has 3 aromatic rings. The SMILES string of the molecule is O=C(Nc1ccccc1N1CCN(C(=O)c2ccc(Cl)cc2)CC1)c1ccc(N2CCOCC2)c([N+](=O)[O-])c1. The summed E-state index contributed by atoms with van der Waals surface area (Å²) in [5.74, 6) is -0.481. The number of anilines is 3. The first kappa shape index (κ1) is 26.5. The van der Waals surface area contributed by atoms with E-state index in [2.05, 4.69) is 10.2 Å². The Kier molecular flexibility index (Phi) is 7.94. The monoisotopic (exact) mass is 549 g/mol. The minimum Gasteiger partial charge on any atom is -0.378 e. The van der Waals surface area contributed by atoms with Gasteiger partial charge in [-0.2, -0.15) is 0 Å². The number of carbonyl (C=O) groups is 2. The summed E-state index contributed by atoms with van der Waals surface area (Å²) in [5, 5.41) is 15.3. The minimum atomic E-state index is -0.458. The van der Waals surface area contributed by atoms with Crippen LogP contribution < -0.4 is 15.1 Å². The highest BCUT2D eigenvalue weighted by molar-refractivity contribution is 6.30. The second-order valence-corrected chi connectivity index (χ2v) is 9.75. The van der Waals surface area contributed by atoms with E-state index >= 15 is 0 Å². The van der Waals surface area contributed by atoms with Crippen molar-refractivity contribution in [1.82, 2.24) is 4.90 Å². The average molecular weight is 550 g/mol. The molecule has 202 valence electrons. The molecule has 2 heterocycles. The van der Waals surface area contributed by atoms with Gasteiger partial charge in [-0.25, -0.2) is 0 Å². The van der Waals surface area contributed by atoms with Gasteiger partial charge in [-0.3, -0.25) is 19.7 Å². The maximum absolute atomic E-state index is 13.2. The van der Waals surface area contributed by atoms with Gasteiger partial charge in [0.2, 0.25) is 0 Å². The molecule has 39 heavy (non-hydrogen) atoms. The Morgan fingerprint density at radius 2 is 1.46 bits per heavy atom. The first-order valence-corrected chi connectivity index (χ1v) is 13.1. The van der Waals surface area contributed by atoms with Gasteiger partial charge >= 0.3 is 0 Å². The topological polar surface area (TPSA) is 108 Å². The van der Waals surface area contributed by atoms with E-state index in [-0.39, 0.29) is 17.2 Å². The molecule has 11 heteroatoms. The highest BCUT2D eigenvalue weighted by atomic mass is 35.5. The molecule has 0 spiro atoms. The van der Waals surface area contributed by atoms with E-state index in [4.69, 9.17) is 16.3 Å². The van der Waals surface area contributed by atoms with Crippen molar-refractivity contribution in [3.63, 3.8) is 0 Å². The second-order valence-electron chi connectivity index (χ2n) is 9.32. The lowest BCUT2D eigenvalue weighted by molar-refractivity contribution is -0.384. The lowest BCUT2D eigenvalue weighted by atomic mass is 10.1. The van der Waals surface area contributed by atoms with Gasteiger partial charge in [0.25, 0.3) is 17.5 Å². The molecule has 0 unspecified atom stereocenters. The normalized spacial score (nSPS) is 15.7. The fraction of sp³-hybridized carbons (Fsp3) is 0.286. The highest BCUT2D eigenvalue weighted by Crippen LogP contribution is 2.31. The largest absolute Gasteiger partial charge is 0.378 e. The second kappa shape index (κ2) is 11.7. The van der Waals surface area contributed by atoms with E-state index in [9.17, 15) is 19.7 Å². The van der Waals surface area contributed by atoms with Gasteiger partial charge in [-0.1, -0.05) is 23.7 Å². The Morgan fingerprint density at radius 1 is 0.821 bits per heavy atom. The molecule has 0 radical (unpaired) electrons. The predicted octanol–water partition coefficient (Wildman–Crippen LogP) is 4.30. The van der Waals surface area contributed by atoms with Crippen molar-refractivity contribution >= 4 is 46.2 Å². The number of carbonyl (C=O) groups excluding carboxylic acids is 2. The third-order valence-electron chi connectivity index (χ3n) is 6.94. The number of para-hydroxylation sites is 2. The van der Waals surface area contributed by atoms with Gasteiger partial charge in [-0.15, -0.1) is 0 Å². The highest BCUT2D eigenvalue weighted by Gasteiger charge is 2.26. The van der Waals surface area contributed by atoms with E-state index in [1.54, 1.807) is 47.4 Å². The zero-order chi connectivity index (χ0) is 27.4. The zero-order valence-corrected chi connectivity index (χ0v) is 22.0. The number of hydrogen-bond donors (Lipinski definition) is 1. The molecule has 10 nitrogen and oxygen atoms in total. The Bertz CT molecular complexity index is 1370. The average Bonchev–Trinajstić information content (AvgIpc) is 2.97. The van der Waals surface area contributed by atoms with E-state index < -0.39 is 10.8 Å². The molecule has 2 amide bonds. The molecule has 2 aliphatic rings. The number of morpholine rings is 1. The van der Waals surface area contributed by atoms with Crippen LogP contribution in [0.3, 0.4) is 0 Å². The fourth-order valence-electron chi connectivity index (χ4n) is 4.86. The molecule has 0 bridgehead atoms. The number of nitrogens with one attached hydrogen (secondary N) is 1. The molecule has 1 N–H and O–H groups in total. The standard InChI is InChI=1S/C28H28ClN5O5/c29-22-8-5-20(6-9-22)28(36)33-13-11-31(12-14-33)24-4-2-1-3-23(24)30-27(35)21-7-10-25(26(19-21)34(37)38)32-15-17-39-18-16-32/h1-10,19H,11-18H2,(H,30,35). The zero-order valence-electron chi connectivity index (χ0n) is 21.2. The number of amides is 2. The molecular weight excluding hydrogens is 522 g/mol. The van der Waals surface area contributed by atoms with E-state index in [1.165, 1.54) is 6.07 Å². The van der Waals surface area contributed by atoms with Crippen molar-refractivity contribution in [1.29, 1.82) is 0 Å². The maximum atomic E-state index is 13.2. The lowest BCUT2D eigenvalue weighted by Gasteiger charge is -2.37. The molecule has 0 aliphatic carbocycles. The van der Waals surface area contributed by atoms with Crippen LogP contribution in [0.4, 0.5) is 22.7 Å². The molecular formula is C28H28ClN5O5. The van der Waals surface area contributed by atoms with Crippen LogP contribution in [0.15, 0.2) is 66.7 Å². The molecule has 0 aromatic heterocycles. The Hall–Kier alpha value is -4.15. The quantitative estimate of drug-likeness (QED) is 0.361. The van der Waals surface area contributed by atoms with Crippen LogP contribution in [0.2, 0.25) is 5.02 Å². The number of piperazine rings is 1. The smallest absolute Gasteiger partial charge is 0.293 e. The van der Waals surface area contributed by atoms with E-state index in [0.29, 0.717) is 74.4 Å². The molecule has 0 atom stereocenters. The van der Waals surface area contributed by atoms with Crippen LogP contribution in [0.5, 0.6) is 0 Å². The van der Waals surface area contributed by atoms with Crippen LogP contribution in [-0.2, 0) is 4.74 Å². The Balaban J connectivity index is 1.28. The van der Waals surface area contributed by atoms with Gasteiger partial charge in [0.05, 0.1) is 29.5 Å². The summed E-state index contributed by atoms with van der Waals surface area (Å²) in [6, 6.07) is 18.8. The third-order valence-corrected chi connectivity index (χ3v) is 7.19. The predicted molar refractivity (Wildman–Crippen MR) is 150 cm³/mol. The van der Waals surface area contributed by atoms with Crippen molar-refractivity contribution < 1.29 is 19.2 Å². The summed E-state index contributed by atoms with van der Waals surface area (Å²) in [7, 11) is 0. The fourth-order valence-corrected chi connectivity index (χ4v) is 4.98. The Morgan fingerprint density at radius 3 is 2.15 bits per heavy atom.